The molecule has 0 saturated heterocycles. The van der Waals surface area contributed by atoms with E-state index in [2.05, 4.69) is 23.2 Å². The van der Waals surface area contributed by atoms with E-state index in [0.717, 1.165) is 29.5 Å². The van der Waals surface area contributed by atoms with Gasteiger partial charge in [-0.25, -0.2) is 0 Å². The second-order valence-corrected chi connectivity index (χ2v) is 9.02. The number of nitriles is 1. The number of carbonyl (C=O) groups is 1. The maximum absolute atomic E-state index is 12.1. The first kappa shape index (κ1) is 19.8. The lowest BCUT2D eigenvalue weighted by Gasteiger charge is -2.19. The van der Waals surface area contributed by atoms with E-state index >= 15 is 0 Å². The Hall–Kier alpha value is -1.98. The van der Waals surface area contributed by atoms with E-state index in [4.69, 9.17) is 10.7 Å². The zero-order chi connectivity index (χ0) is 19.6. The molecule has 0 radical (unpaired) electrons. The lowest BCUT2D eigenvalue weighted by Crippen LogP contribution is -2.21. The molecule has 0 spiro atoms. The van der Waals surface area contributed by atoms with Gasteiger partial charge in [-0.3, -0.25) is 4.79 Å². The maximum atomic E-state index is 12.1. The van der Waals surface area contributed by atoms with E-state index < -0.39 is 5.92 Å². The van der Waals surface area contributed by atoms with Crippen molar-refractivity contribution in [3.8, 4) is 16.8 Å². The number of nitrogens with one attached hydrogen (secondary N) is 1. The summed E-state index contributed by atoms with van der Waals surface area (Å²) in [6.45, 7) is 3.74. The van der Waals surface area contributed by atoms with Crippen LogP contribution in [0.25, 0.3) is 10.7 Å². The zero-order valence-electron chi connectivity index (χ0n) is 15.8. The largest absolute Gasteiger partial charge is 0.308 e. The molecule has 2 aromatic rings. The summed E-state index contributed by atoms with van der Waals surface area (Å²) in [6, 6.07) is 4.14. The van der Waals surface area contributed by atoms with E-state index in [1.807, 2.05) is 17.7 Å². The fourth-order valence-electron chi connectivity index (χ4n) is 3.34. The van der Waals surface area contributed by atoms with Crippen molar-refractivity contribution < 1.29 is 4.79 Å². The van der Waals surface area contributed by atoms with Crippen LogP contribution in [-0.4, -0.2) is 32.0 Å². The van der Waals surface area contributed by atoms with Crippen LogP contribution >= 0.6 is 23.1 Å². The van der Waals surface area contributed by atoms with Crippen LogP contribution in [0.1, 0.15) is 37.1 Å². The molecule has 0 unspecified atom stereocenters. The lowest BCUT2D eigenvalue weighted by molar-refractivity contribution is -0.117. The predicted molar refractivity (Wildman–Crippen MR) is 108 cm³/mol. The molecule has 1 aliphatic rings. The van der Waals surface area contributed by atoms with E-state index in [-0.39, 0.29) is 17.2 Å². The van der Waals surface area contributed by atoms with E-state index in [0.29, 0.717) is 5.16 Å². The molecule has 2 heterocycles. The highest BCUT2D eigenvalue weighted by Crippen LogP contribution is 2.38. The SMILES string of the molecule is CC[C@H]1CCc2sc(-c3nnc(SCC(=O)[C@H](C#N)C(C)=N)n3C)cc2C1. The number of ketones is 1. The maximum Gasteiger partial charge on any atom is 0.191 e. The van der Waals surface area contributed by atoms with Crippen LogP contribution in [0.3, 0.4) is 0 Å². The molecule has 1 aliphatic carbocycles. The molecule has 0 saturated carbocycles. The van der Waals surface area contributed by atoms with Crippen LogP contribution in [0.4, 0.5) is 0 Å². The minimum absolute atomic E-state index is 0.0799. The minimum atomic E-state index is -0.972. The Kier molecular flexibility index (Phi) is 6.12. The second-order valence-electron chi connectivity index (χ2n) is 6.94. The first-order chi connectivity index (χ1) is 12.9. The van der Waals surface area contributed by atoms with Crippen LogP contribution in [0.15, 0.2) is 11.2 Å². The van der Waals surface area contributed by atoms with Crippen LogP contribution in [0, 0.1) is 28.6 Å². The highest BCUT2D eigenvalue weighted by Gasteiger charge is 2.24. The fraction of sp³-hybridized carbons (Fsp3) is 0.526. The molecule has 0 bridgehead atoms. The summed E-state index contributed by atoms with van der Waals surface area (Å²) in [5, 5.41) is 25.8. The van der Waals surface area contributed by atoms with Gasteiger partial charge in [0.2, 0.25) is 0 Å². The van der Waals surface area contributed by atoms with Crippen molar-refractivity contribution in [2.45, 2.75) is 44.7 Å². The molecule has 8 heteroatoms. The predicted octanol–water partition coefficient (Wildman–Crippen LogP) is 3.90. The van der Waals surface area contributed by atoms with Crippen LogP contribution in [0.2, 0.25) is 0 Å². The molecular formula is C19H23N5OS2. The Bertz CT molecular complexity index is 908. The highest BCUT2D eigenvalue weighted by atomic mass is 32.2. The average Bonchev–Trinajstić information content (AvgIpc) is 3.22. The van der Waals surface area contributed by atoms with Gasteiger partial charge in [0.05, 0.1) is 16.7 Å². The lowest BCUT2D eigenvalue weighted by atomic mass is 9.87. The number of hydrogen-bond donors (Lipinski definition) is 1. The number of aryl methyl sites for hydroxylation is 1. The number of thioether (sulfide) groups is 1. The summed E-state index contributed by atoms with van der Waals surface area (Å²) < 4.78 is 1.91. The molecule has 6 nitrogen and oxygen atoms in total. The topological polar surface area (TPSA) is 95.4 Å². The molecular weight excluding hydrogens is 378 g/mol. The van der Waals surface area contributed by atoms with Gasteiger partial charge in [0.1, 0.15) is 5.92 Å². The number of fused-ring (bicyclic) bond motifs is 1. The summed E-state index contributed by atoms with van der Waals surface area (Å²) >= 11 is 3.06. The summed E-state index contributed by atoms with van der Waals surface area (Å²) in [6.07, 6.45) is 4.78. The van der Waals surface area contributed by atoms with Gasteiger partial charge in [-0.1, -0.05) is 25.1 Å². The summed E-state index contributed by atoms with van der Waals surface area (Å²) in [7, 11) is 1.90. The smallest absolute Gasteiger partial charge is 0.191 e. The molecule has 0 aliphatic heterocycles. The van der Waals surface area contributed by atoms with Gasteiger partial charge < -0.3 is 9.98 Å². The van der Waals surface area contributed by atoms with Crippen molar-refractivity contribution in [1.82, 2.24) is 14.8 Å². The van der Waals surface area contributed by atoms with Crippen molar-refractivity contribution in [2.24, 2.45) is 18.9 Å². The summed E-state index contributed by atoms with van der Waals surface area (Å²) in [5.41, 5.74) is 1.52. The normalized spacial score (nSPS) is 17.2. The van der Waals surface area contributed by atoms with Crippen molar-refractivity contribution in [3.05, 3.63) is 16.5 Å². The van der Waals surface area contributed by atoms with Crippen molar-refractivity contribution in [2.75, 3.05) is 5.75 Å². The molecule has 1 N–H and O–H groups in total. The number of Topliss-reactive ketones (excluding diaryl/α,β-unsaturated/α-hetero) is 1. The van der Waals surface area contributed by atoms with Crippen molar-refractivity contribution in [1.29, 1.82) is 10.7 Å². The zero-order valence-corrected chi connectivity index (χ0v) is 17.4. The summed E-state index contributed by atoms with van der Waals surface area (Å²) in [5.74, 6) is 0.469. The number of thiophene rings is 1. The molecule has 27 heavy (non-hydrogen) atoms. The quantitative estimate of drug-likeness (QED) is 0.561. The Morgan fingerprint density at radius 2 is 2.33 bits per heavy atom. The van der Waals surface area contributed by atoms with Crippen LogP contribution in [0.5, 0.6) is 0 Å². The molecule has 0 amide bonds. The van der Waals surface area contributed by atoms with Crippen LogP contribution < -0.4 is 0 Å². The van der Waals surface area contributed by atoms with Crippen molar-refractivity contribution in [3.63, 3.8) is 0 Å². The number of carbonyl (C=O) groups excluding carboxylic acids is 1. The monoisotopic (exact) mass is 401 g/mol. The Labute approximate surface area is 167 Å². The molecule has 0 aromatic carbocycles. The van der Waals surface area contributed by atoms with E-state index in [9.17, 15) is 4.79 Å². The number of nitrogens with zero attached hydrogens (tertiary/aromatic N) is 4. The average molecular weight is 402 g/mol. The number of aromatic nitrogens is 3. The van der Waals surface area contributed by atoms with Crippen molar-refractivity contribution >= 4 is 34.6 Å². The molecule has 2 atom stereocenters. The van der Waals surface area contributed by atoms with Gasteiger partial charge in [0.25, 0.3) is 0 Å². The van der Waals surface area contributed by atoms with Gasteiger partial charge in [-0.05, 0) is 43.7 Å². The molecule has 3 rings (SSSR count). The molecule has 0 fully saturated rings. The standard InChI is InChI=1S/C19H23N5OS2/c1-4-12-5-6-16-13(7-12)8-17(27-16)18-22-23-19(24(18)3)26-10-15(25)14(9-20)11(2)21/h8,12,14,21H,4-7,10H2,1-3H3/t12-,14+/m0/s1. The van der Waals surface area contributed by atoms with Gasteiger partial charge in [-0.15, -0.1) is 21.5 Å². The van der Waals surface area contributed by atoms with E-state index in [1.165, 1.54) is 42.0 Å². The number of hydrogen-bond acceptors (Lipinski definition) is 7. The van der Waals surface area contributed by atoms with Crippen LogP contribution in [-0.2, 0) is 24.7 Å². The van der Waals surface area contributed by atoms with E-state index in [1.54, 1.807) is 11.3 Å². The van der Waals surface area contributed by atoms with Gasteiger partial charge in [-0.2, -0.15) is 5.26 Å². The van der Waals surface area contributed by atoms with Gasteiger partial charge in [0, 0.05) is 17.6 Å². The molecule has 2 aromatic heterocycles. The Balaban J connectivity index is 1.73. The minimum Gasteiger partial charge on any atom is -0.308 e. The fourth-order valence-corrected chi connectivity index (χ4v) is 5.39. The second kappa shape index (κ2) is 8.36. The van der Waals surface area contributed by atoms with Gasteiger partial charge >= 0.3 is 0 Å². The Morgan fingerprint density at radius 1 is 1.56 bits per heavy atom. The first-order valence-corrected chi connectivity index (χ1v) is 10.9. The highest BCUT2D eigenvalue weighted by molar-refractivity contribution is 7.99. The van der Waals surface area contributed by atoms with Gasteiger partial charge in [0.15, 0.2) is 16.8 Å². The molecule has 142 valence electrons. The Morgan fingerprint density at radius 3 is 3.00 bits per heavy atom. The third-order valence-corrected chi connectivity index (χ3v) is 7.32. The third kappa shape index (κ3) is 4.14. The third-order valence-electron chi connectivity index (χ3n) is 5.05. The first-order valence-electron chi connectivity index (χ1n) is 9.06. The number of rotatable bonds is 7. The summed E-state index contributed by atoms with van der Waals surface area (Å²) in [4.78, 5) is 14.7.